The van der Waals surface area contributed by atoms with Gasteiger partial charge in [0.05, 0.1) is 5.69 Å². The van der Waals surface area contributed by atoms with Crippen LogP contribution in [0.15, 0.2) is 24.5 Å². The van der Waals surface area contributed by atoms with Gasteiger partial charge in [-0.25, -0.2) is 9.97 Å². The van der Waals surface area contributed by atoms with Crippen LogP contribution in [0.2, 0.25) is 0 Å². The van der Waals surface area contributed by atoms with Crippen LogP contribution in [0, 0.1) is 13.8 Å². The Bertz CT molecular complexity index is 479. The van der Waals surface area contributed by atoms with Crippen molar-refractivity contribution in [1.82, 2.24) is 15.0 Å². The maximum atomic E-state index is 5.79. The Balaban J connectivity index is 2.63. The molecule has 0 amide bonds. The number of hydrogen-bond donors (Lipinski definition) is 1. The number of aryl methyl sites for hydroxylation is 1. The lowest BCUT2D eigenvalue weighted by Gasteiger charge is -2.07. The largest absolute Gasteiger partial charge is 0.383 e. The van der Waals surface area contributed by atoms with Crippen molar-refractivity contribution in [2.24, 2.45) is 0 Å². The Morgan fingerprint density at radius 3 is 2.67 bits per heavy atom. The highest BCUT2D eigenvalue weighted by Gasteiger charge is 2.08. The quantitative estimate of drug-likeness (QED) is 0.761. The Kier molecular flexibility index (Phi) is 2.33. The van der Waals surface area contributed by atoms with Crippen molar-refractivity contribution in [1.29, 1.82) is 0 Å². The van der Waals surface area contributed by atoms with E-state index in [1.54, 1.807) is 12.4 Å². The minimum atomic E-state index is 0.529. The standard InChI is InChI=1S/C11H12N4/c1-7-10(9-4-3-5-13-6-9)14-8(2)15-11(7)12/h3-6H,1-2H3,(H2,12,14,15). The van der Waals surface area contributed by atoms with Crippen LogP contribution in [0.3, 0.4) is 0 Å². The van der Waals surface area contributed by atoms with Crippen LogP contribution < -0.4 is 5.73 Å². The highest BCUT2D eigenvalue weighted by Crippen LogP contribution is 2.22. The van der Waals surface area contributed by atoms with Gasteiger partial charge in [-0.1, -0.05) is 0 Å². The van der Waals surface area contributed by atoms with Crippen LogP contribution in [0.4, 0.5) is 5.82 Å². The first kappa shape index (κ1) is 9.58. The average Bonchev–Trinajstić information content (AvgIpc) is 2.24. The van der Waals surface area contributed by atoms with Crippen molar-refractivity contribution in [2.45, 2.75) is 13.8 Å². The molecule has 0 unspecified atom stereocenters. The maximum absolute atomic E-state index is 5.79. The Labute approximate surface area is 88.2 Å². The Hall–Kier alpha value is -1.97. The first-order valence-electron chi connectivity index (χ1n) is 4.69. The van der Waals surface area contributed by atoms with Gasteiger partial charge in [-0.2, -0.15) is 0 Å². The average molecular weight is 200 g/mol. The predicted octanol–water partition coefficient (Wildman–Crippen LogP) is 1.74. The van der Waals surface area contributed by atoms with Gasteiger partial charge in [-0.05, 0) is 26.0 Å². The first-order chi connectivity index (χ1) is 7.18. The number of hydrogen-bond acceptors (Lipinski definition) is 4. The van der Waals surface area contributed by atoms with Crippen LogP contribution in [0.5, 0.6) is 0 Å². The van der Waals surface area contributed by atoms with Crippen molar-refractivity contribution in [3.8, 4) is 11.3 Å². The molecular weight excluding hydrogens is 188 g/mol. The molecule has 2 aromatic heterocycles. The molecule has 0 spiro atoms. The summed E-state index contributed by atoms with van der Waals surface area (Å²) >= 11 is 0. The molecule has 15 heavy (non-hydrogen) atoms. The Morgan fingerprint density at radius 2 is 2.00 bits per heavy atom. The lowest BCUT2D eigenvalue weighted by Crippen LogP contribution is -2.02. The monoisotopic (exact) mass is 200 g/mol. The van der Waals surface area contributed by atoms with E-state index in [1.807, 2.05) is 26.0 Å². The normalized spacial score (nSPS) is 10.3. The van der Waals surface area contributed by atoms with Crippen molar-refractivity contribution >= 4 is 5.82 Å². The van der Waals surface area contributed by atoms with Crippen LogP contribution in [0.1, 0.15) is 11.4 Å². The fraction of sp³-hybridized carbons (Fsp3) is 0.182. The molecule has 4 heteroatoms. The van der Waals surface area contributed by atoms with E-state index >= 15 is 0 Å². The van der Waals surface area contributed by atoms with E-state index in [9.17, 15) is 0 Å². The maximum Gasteiger partial charge on any atom is 0.130 e. The summed E-state index contributed by atoms with van der Waals surface area (Å²) in [5.41, 5.74) is 8.50. The molecule has 0 aliphatic carbocycles. The molecule has 4 nitrogen and oxygen atoms in total. The summed E-state index contributed by atoms with van der Waals surface area (Å²) < 4.78 is 0. The zero-order valence-electron chi connectivity index (χ0n) is 8.73. The summed E-state index contributed by atoms with van der Waals surface area (Å²) in [6.07, 6.45) is 3.50. The van der Waals surface area contributed by atoms with Crippen LogP contribution in [0.25, 0.3) is 11.3 Å². The second-order valence-electron chi connectivity index (χ2n) is 3.37. The van der Waals surface area contributed by atoms with E-state index in [2.05, 4.69) is 15.0 Å². The highest BCUT2D eigenvalue weighted by molar-refractivity contribution is 5.66. The molecule has 0 fully saturated rings. The highest BCUT2D eigenvalue weighted by atomic mass is 14.9. The summed E-state index contributed by atoms with van der Waals surface area (Å²) in [5, 5.41) is 0. The zero-order valence-corrected chi connectivity index (χ0v) is 8.73. The van der Waals surface area contributed by atoms with E-state index in [0.29, 0.717) is 11.6 Å². The van der Waals surface area contributed by atoms with E-state index in [-0.39, 0.29) is 0 Å². The lowest BCUT2D eigenvalue weighted by molar-refractivity contribution is 1.04. The molecule has 2 N–H and O–H groups in total. The third-order valence-electron chi connectivity index (χ3n) is 2.23. The predicted molar refractivity (Wildman–Crippen MR) is 59.1 cm³/mol. The fourth-order valence-corrected chi connectivity index (χ4v) is 1.43. The molecule has 0 saturated heterocycles. The molecule has 0 saturated carbocycles. The minimum absolute atomic E-state index is 0.529. The van der Waals surface area contributed by atoms with E-state index < -0.39 is 0 Å². The minimum Gasteiger partial charge on any atom is -0.383 e. The summed E-state index contributed by atoms with van der Waals surface area (Å²) in [7, 11) is 0. The molecule has 0 radical (unpaired) electrons. The summed E-state index contributed by atoms with van der Waals surface area (Å²) in [4.78, 5) is 12.5. The van der Waals surface area contributed by atoms with E-state index in [1.165, 1.54) is 0 Å². The number of aromatic nitrogens is 3. The molecule has 0 atom stereocenters. The van der Waals surface area contributed by atoms with Crippen molar-refractivity contribution in [3.63, 3.8) is 0 Å². The van der Waals surface area contributed by atoms with Crippen LogP contribution in [-0.4, -0.2) is 15.0 Å². The molecule has 0 aromatic carbocycles. The zero-order chi connectivity index (χ0) is 10.8. The number of nitrogens with two attached hydrogens (primary N) is 1. The molecule has 2 rings (SSSR count). The molecule has 76 valence electrons. The third kappa shape index (κ3) is 1.79. The smallest absolute Gasteiger partial charge is 0.130 e. The molecule has 2 aromatic rings. The lowest BCUT2D eigenvalue weighted by atomic mass is 10.1. The van der Waals surface area contributed by atoms with Gasteiger partial charge >= 0.3 is 0 Å². The summed E-state index contributed by atoms with van der Waals surface area (Å²) in [6, 6.07) is 3.84. The third-order valence-corrected chi connectivity index (χ3v) is 2.23. The second-order valence-corrected chi connectivity index (χ2v) is 3.37. The molecule has 0 bridgehead atoms. The van der Waals surface area contributed by atoms with Gasteiger partial charge in [0.15, 0.2) is 0 Å². The summed E-state index contributed by atoms with van der Waals surface area (Å²) in [5.74, 6) is 1.21. The van der Waals surface area contributed by atoms with E-state index in [0.717, 1.165) is 16.8 Å². The summed E-state index contributed by atoms with van der Waals surface area (Å²) in [6.45, 7) is 3.74. The SMILES string of the molecule is Cc1nc(N)c(C)c(-c2cccnc2)n1. The van der Waals surface area contributed by atoms with E-state index in [4.69, 9.17) is 5.73 Å². The molecule has 0 aliphatic heterocycles. The number of pyridine rings is 1. The van der Waals surface area contributed by atoms with Crippen LogP contribution >= 0.6 is 0 Å². The number of nitrogens with zero attached hydrogens (tertiary/aromatic N) is 3. The van der Waals surface area contributed by atoms with Gasteiger partial charge in [0.25, 0.3) is 0 Å². The van der Waals surface area contributed by atoms with Gasteiger partial charge in [-0.15, -0.1) is 0 Å². The molecule has 0 aliphatic rings. The van der Waals surface area contributed by atoms with Gasteiger partial charge in [0.2, 0.25) is 0 Å². The fourth-order valence-electron chi connectivity index (χ4n) is 1.43. The van der Waals surface area contributed by atoms with Gasteiger partial charge in [0.1, 0.15) is 11.6 Å². The number of rotatable bonds is 1. The van der Waals surface area contributed by atoms with Crippen molar-refractivity contribution in [2.75, 3.05) is 5.73 Å². The topological polar surface area (TPSA) is 64.7 Å². The van der Waals surface area contributed by atoms with Crippen molar-refractivity contribution in [3.05, 3.63) is 35.9 Å². The van der Waals surface area contributed by atoms with Crippen molar-refractivity contribution < 1.29 is 0 Å². The van der Waals surface area contributed by atoms with Crippen LogP contribution in [-0.2, 0) is 0 Å². The second kappa shape index (κ2) is 3.65. The number of nitrogen functional groups attached to an aromatic ring is 1. The van der Waals surface area contributed by atoms with Gasteiger partial charge < -0.3 is 5.73 Å². The van der Waals surface area contributed by atoms with Gasteiger partial charge in [0, 0.05) is 23.5 Å². The van der Waals surface area contributed by atoms with Gasteiger partial charge in [-0.3, -0.25) is 4.98 Å². The Morgan fingerprint density at radius 1 is 1.20 bits per heavy atom. The molecular formula is C11H12N4. The molecule has 2 heterocycles. The first-order valence-corrected chi connectivity index (χ1v) is 4.69. The number of anilines is 1.